The van der Waals surface area contributed by atoms with Crippen molar-refractivity contribution in [3.63, 3.8) is 0 Å². The zero-order chi connectivity index (χ0) is 24.7. The monoisotopic (exact) mass is 476 g/mol. The Bertz CT molecular complexity index is 1280. The number of hydrogen-bond donors (Lipinski definition) is 1. The molecule has 1 N–H and O–H groups in total. The first kappa shape index (κ1) is 23.8. The first-order valence-electron chi connectivity index (χ1n) is 12.6. The Balaban J connectivity index is 1.36. The Morgan fingerprint density at radius 2 is 1.53 bits per heavy atom. The molecule has 1 aliphatic heterocycles. The van der Waals surface area contributed by atoms with Crippen molar-refractivity contribution in [2.24, 2.45) is 0 Å². The molecule has 182 valence electrons. The molecule has 0 aromatic heterocycles. The average molecular weight is 477 g/mol. The fourth-order valence-electron chi connectivity index (χ4n) is 4.92. The minimum Gasteiger partial charge on any atom is -0.481 e. The molecule has 4 aromatic rings. The number of benzene rings is 4. The number of nitrogens with zero attached hydrogens (tertiary/aromatic N) is 1. The van der Waals surface area contributed by atoms with Gasteiger partial charge in [-0.3, -0.25) is 9.69 Å². The van der Waals surface area contributed by atoms with Crippen LogP contribution in [0.1, 0.15) is 40.8 Å². The van der Waals surface area contributed by atoms with Crippen LogP contribution in [0.2, 0.25) is 0 Å². The van der Waals surface area contributed by atoms with Gasteiger partial charge in [-0.25, -0.2) is 0 Å². The number of carbonyl (C=O) groups excluding carboxylic acids is 1. The van der Waals surface area contributed by atoms with Gasteiger partial charge in [-0.15, -0.1) is 0 Å². The molecule has 0 bridgehead atoms. The smallest absolute Gasteiger partial charge is 0.261 e. The van der Waals surface area contributed by atoms with Crippen LogP contribution in [0.25, 0.3) is 0 Å². The lowest BCUT2D eigenvalue weighted by Crippen LogP contribution is -2.37. The summed E-state index contributed by atoms with van der Waals surface area (Å²) in [6.45, 7) is 4.15. The third-order valence-corrected chi connectivity index (χ3v) is 6.78. The van der Waals surface area contributed by atoms with E-state index < -0.39 is 6.10 Å². The van der Waals surface area contributed by atoms with Crippen molar-refractivity contribution in [3.8, 4) is 5.75 Å². The largest absolute Gasteiger partial charge is 0.481 e. The molecule has 0 saturated heterocycles. The summed E-state index contributed by atoms with van der Waals surface area (Å²) in [5.41, 5.74) is 6.22. The molecule has 0 aliphatic carbocycles. The zero-order valence-electron chi connectivity index (χ0n) is 20.6. The van der Waals surface area contributed by atoms with Gasteiger partial charge in [0.1, 0.15) is 5.75 Å². The van der Waals surface area contributed by atoms with Crippen molar-refractivity contribution < 1.29 is 9.53 Å². The van der Waals surface area contributed by atoms with Crippen molar-refractivity contribution in [1.82, 2.24) is 10.2 Å². The second kappa shape index (κ2) is 11.2. The minimum absolute atomic E-state index is 0.123. The predicted molar refractivity (Wildman–Crippen MR) is 144 cm³/mol. The lowest BCUT2D eigenvalue weighted by atomic mass is 9.87. The maximum atomic E-state index is 12.7. The summed E-state index contributed by atoms with van der Waals surface area (Å²) in [4.78, 5) is 15.2. The molecule has 36 heavy (non-hydrogen) atoms. The van der Waals surface area contributed by atoms with Gasteiger partial charge in [-0.05, 0) is 53.3 Å². The van der Waals surface area contributed by atoms with Crippen molar-refractivity contribution in [2.45, 2.75) is 38.6 Å². The SMILES string of the molecule is CC(Oc1ccc2c(c1)C(c1ccccc1)N(Cc1ccccc1)CC2)C(=O)NCc1ccccc1. The van der Waals surface area contributed by atoms with E-state index in [2.05, 4.69) is 83.0 Å². The average Bonchev–Trinajstić information content (AvgIpc) is 2.93. The summed E-state index contributed by atoms with van der Waals surface area (Å²) in [5.74, 6) is 0.598. The van der Waals surface area contributed by atoms with Crippen LogP contribution in [0.4, 0.5) is 0 Å². The van der Waals surface area contributed by atoms with Gasteiger partial charge in [-0.1, -0.05) is 97.1 Å². The maximum absolute atomic E-state index is 12.7. The number of rotatable bonds is 8. The first-order chi connectivity index (χ1) is 17.7. The molecule has 4 aromatic carbocycles. The van der Waals surface area contributed by atoms with E-state index in [1.165, 1.54) is 22.3 Å². The lowest BCUT2D eigenvalue weighted by Gasteiger charge is -2.38. The standard InChI is InChI=1S/C32H32N2O2/c1-24(32(35)33-22-25-11-5-2-6-12-25)36-29-18-17-27-19-20-34(23-26-13-7-3-8-14-26)31(30(27)21-29)28-15-9-4-10-16-28/h2-18,21,24,31H,19-20,22-23H2,1H3,(H,33,35). The van der Waals surface area contributed by atoms with Crippen LogP contribution >= 0.6 is 0 Å². The molecule has 1 aliphatic rings. The van der Waals surface area contributed by atoms with Crippen LogP contribution in [0, 0.1) is 0 Å². The van der Waals surface area contributed by atoms with Gasteiger partial charge >= 0.3 is 0 Å². The molecular weight excluding hydrogens is 444 g/mol. The van der Waals surface area contributed by atoms with Gasteiger partial charge in [0.05, 0.1) is 6.04 Å². The number of amides is 1. The summed E-state index contributed by atoms with van der Waals surface area (Å²) >= 11 is 0. The minimum atomic E-state index is -0.592. The highest BCUT2D eigenvalue weighted by Crippen LogP contribution is 2.38. The van der Waals surface area contributed by atoms with Crippen molar-refractivity contribution >= 4 is 5.91 Å². The highest BCUT2D eigenvalue weighted by Gasteiger charge is 2.29. The van der Waals surface area contributed by atoms with E-state index in [0.717, 1.165) is 30.8 Å². The Kier molecular flexibility index (Phi) is 7.44. The molecule has 4 heteroatoms. The first-order valence-corrected chi connectivity index (χ1v) is 12.6. The fraction of sp³-hybridized carbons (Fsp3) is 0.219. The number of nitrogens with one attached hydrogen (secondary N) is 1. The molecule has 4 nitrogen and oxygen atoms in total. The molecular formula is C32H32N2O2. The second-order valence-electron chi connectivity index (χ2n) is 9.34. The molecule has 2 atom stereocenters. The Hall–Kier alpha value is -3.89. The third kappa shape index (κ3) is 5.67. The molecule has 0 saturated carbocycles. The van der Waals surface area contributed by atoms with E-state index in [1.807, 2.05) is 36.4 Å². The van der Waals surface area contributed by atoms with Crippen LogP contribution in [-0.2, 0) is 24.3 Å². The normalized spacial score (nSPS) is 16.1. The van der Waals surface area contributed by atoms with Gasteiger partial charge in [0.25, 0.3) is 5.91 Å². The summed E-state index contributed by atoms with van der Waals surface area (Å²) in [7, 11) is 0. The summed E-state index contributed by atoms with van der Waals surface area (Å²) in [6.07, 6.45) is 0.393. The quantitative estimate of drug-likeness (QED) is 0.343. The van der Waals surface area contributed by atoms with E-state index in [9.17, 15) is 4.79 Å². The Morgan fingerprint density at radius 3 is 2.22 bits per heavy atom. The topological polar surface area (TPSA) is 41.6 Å². The molecule has 2 unspecified atom stereocenters. The van der Waals surface area contributed by atoms with Crippen LogP contribution in [0.3, 0.4) is 0 Å². The number of hydrogen-bond acceptors (Lipinski definition) is 3. The van der Waals surface area contributed by atoms with E-state index >= 15 is 0 Å². The number of ether oxygens (including phenoxy) is 1. The molecule has 0 radical (unpaired) electrons. The van der Waals surface area contributed by atoms with Crippen molar-refractivity contribution in [2.75, 3.05) is 6.54 Å². The highest BCUT2D eigenvalue weighted by molar-refractivity contribution is 5.80. The van der Waals surface area contributed by atoms with Crippen LogP contribution in [0.15, 0.2) is 109 Å². The predicted octanol–water partition coefficient (Wildman–Crippen LogP) is 5.92. The zero-order valence-corrected chi connectivity index (χ0v) is 20.6. The number of carbonyl (C=O) groups is 1. The van der Waals surface area contributed by atoms with Gasteiger partial charge in [-0.2, -0.15) is 0 Å². The fourth-order valence-corrected chi connectivity index (χ4v) is 4.92. The second-order valence-corrected chi connectivity index (χ2v) is 9.34. The molecule has 1 amide bonds. The van der Waals surface area contributed by atoms with E-state index in [4.69, 9.17) is 4.74 Å². The summed E-state index contributed by atoms with van der Waals surface area (Å²) in [6, 6.07) is 37.6. The van der Waals surface area contributed by atoms with Crippen molar-refractivity contribution in [1.29, 1.82) is 0 Å². The number of fused-ring (bicyclic) bond motifs is 1. The van der Waals surface area contributed by atoms with E-state index in [0.29, 0.717) is 6.54 Å². The van der Waals surface area contributed by atoms with E-state index in [-0.39, 0.29) is 11.9 Å². The van der Waals surface area contributed by atoms with Gasteiger partial charge in [0.15, 0.2) is 6.10 Å². The highest BCUT2D eigenvalue weighted by atomic mass is 16.5. The summed E-state index contributed by atoms with van der Waals surface area (Å²) < 4.78 is 6.14. The van der Waals surface area contributed by atoms with E-state index in [1.54, 1.807) is 6.92 Å². The molecule has 5 rings (SSSR count). The molecule has 0 fully saturated rings. The lowest BCUT2D eigenvalue weighted by molar-refractivity contribution is -0.127. The Labute approximate surface area is 213 Å². The maximum Gasteiger partial charge on any atom is 0.261 e. The molecule has 1 heterocycles. The van der Waals surface area contributed by atoms with Crippen molar-refractivity contribution in [3.05, 3.63) is 137 Å². The Morgan fingerprint density at radius 1 is 0.889 bits per heavy atom. The van der Waals surface area contributed by atoms with Gasteiger partial charge in [0, 0.05) is 19.6 Å². The van der Waals surface area contributed by atoms with Gasteiger partial charge < -0.3 is 10.1 Å². The molecule has 0 spiro atoms. The third-order valence-electron chi connectivity index (χ3n) is 6.78. The van der Waals surface area contributed by atoms with Crippen LogP contribution in [-0.4, -0.2) is 23.5 Å². The van der Waals surface area contributed by atoms with Crippen LogP contribution < -0.4 is 10.1 Å². The summed E-state index contributed by atoms with van der Waals surface area (Å²) in [5, 5.41) is 2.98. The van der Waals surface area contributed by atoms with Crippen LogP contribution in [0.5, 0.6) is 5.75 Å². The van der Waals surface area contributed by atoms with Gasteiger partial charge in [0.2, 0.25) is 0 Å².